The highest BCUT2D eigenvalue weighted by molar-refractivity contribution is 5.47. The van der Waals surface area contributed by atoms with Crippen LogP contribution in [0.1, 0.15) is 5.56 Å². The van der Waals surface area contributed by atoms with E-state index in [4.69, 9.17) is 4.74 Å². The Hall–Kier alpha value is -2.13. The molecule has 0 unspecified atom stereocenters. The topological polar surface area (TPSA) is 77.3 Å². The lowest BCUT2D eigenvalue weighted by atomic mass is 10.2. The number of aromatic nitrogens is 1. The van der Waals surface area contributed by atoms with E-state index in [0.717, 1.165) is 6.20 Å². The SMILES string of the molecule is CNCC#Cc1cc([N+](=O)[O-])cnc1OC. The average Bonchev–Trinajstić information content (AvgIpc) is 2.29. The quantitative estimate of drug-likeness (QED) is 0.458. The average molecular weight is 221 g/mol. The van der Waals surface area contributed by atoms with E-state index >= 15 is 0 Å². The highest BCUT2D eigenvalue weighted by Gasteiger charge is 2.10. The maximum Gasteiger partial charge on any atom is 0.289 e. The molecule has 0 radical (unpaired) electrons. The molecular weight excluding hydrogens is 210 g/mol. The first-order valence-corrected chi connectivity index (χ1v) is 4.51. The summed E-state index contributed by atoms with van der Waals surface area (Å²) in [5, 5.41) is 13.4. The van der Waals surface area contributed by atoms with Crippen molar-refractivity contribution in [3.63, 3.8) is 0 Å². The first kappa shape index (κ1) is 11.9. The molecule has 0 saturated heterocycles. The van der Waals surface area contributed by atoms with E-state index in [2.05, 4.69) is 22.1 Å². The second-order valence-corrected chi connectivity index (χ2v) is 2.84. The van der Waals surface area contributed by atoms with Gasteiger partial charge in [-0.25, -0.2) is 4.98 Å². The lowest BCUT2D eigenvalue weighted by molar-refractivity contribution is -0.385. The van der Waals surface area contributed by atoms with Crippen LogP contribution in [0, 0.1) is 22.0 Å². The van der Waals surface area contributed by atoms with Crippen molar-refractivity contribution >= 4 is 5.69 Å². The van der Waals surface area contributed by atoms with Gasteiger partial charge in [0.05, 0.1) is 24.1 Å². The Morgan fingerprint density at radius 1 is 1.69 bits per heavy atom. The lowest BCUT2D eigenvalue weighted by Crippen LogP contribution is -2.04. The number of hydrogen-bond acceptors (Lipinski definition) is 5. The summed E-state index contributed by atoms with van der Waals surface area (Å²) in [6, 6.07) is 1.34. The largest absolute Gasteiger partial charge is 0.480 e. The molecule has 16 heavy (non-hydrogen) atoms. The van der Waals surface area contributed by atoms with Gasteiger partial charge in [-0.3, -0.25) is 10.1 Å². The van der Waals surface area contributed by atoms with Crippen molar-refractivity contribution < 1.29 is 9.66 Å². The molecule has 0 aliphatic heterocycles. The highest BCUT2D eigenvalue weighted by Crippen LogP contribution is 2.19. The second kappa shape index (κ2) is 5.68. The molecule has 0 bridgehead atoms. The zero-order chi connectivity index (χ0) is 12.0. The van der Waals surface area contributed by atoms with Gasteiger partial charge >= 0.3 is 0 Å². The molecule has 84 valence electrons. The molecule has 0 amide bonds. The molecule has 1 heterocycles. The van der Waals surface area contributed by atoms with E-state index in [1.807, 2.05) is 0 Å². The third-order valence-electron chi connectivity index (χ3n) is 1.73. The first-order valence-electron chi connectivity index (χ1n) is 4.51. The maximum absolute atomic E-state index is 10.5. The van der Waals surface area contributed by atoms with Gasteiger partial charge in [0.25, 0.3) is 5.69 Å². The number of methoxy groups -OCH3 is 1. The molecule has 1 rings (SSSR count). The molecule has 0 fully saturated rings. The van der Waals surface area contributed by atoms with Crippen LogP contribution in [0.15, 0.2) is 12.3 Å². The van der Waals surface area contributed by atoms with Gasteiger partial charge in [0.15, 0.2) is 0 Å². The number of nitrogens with one attached hydrogen (secondary N) is 1. The minimum atomic E-state index is -0.518. The molecule has 6 heteroatoms. The Morgan fingerprint density at radius 3 is 3.00 bits per heavy atom. The van der Waals surface area contributed by atoms with Crippen LogP contribution in [0.2, 0.25) is 0 Å². The Balaban J connectivity index is 3.08. The highest BCUT2D eigenvalue weighted by atomic mass is 16.6. The Morgan fingerprint density at radius 2 is 2.44 bits per heavy atom. The fourth-order valence-electron chi connectivity index (χ4n) is 1.02. The fraction of sp³-hybridized carbons (Fsp3) is 0.300. The van der Waals surface area contributed by atoms with Gasteiger partial charge in [-0.2, -0.15) is 0 Å². The predicted octanol–water partition coefficient (Wildman–Crippen LogP) is 0.569. The van der Waals surface area contributed by atoms with Crippen molar-refractivity contribution in [2.45, 2.75) is 0 Å². The van der Waals surface area contributed by atoms with Crippen LogP contribution in [0.3, 0.4) is 0 Å². The monoisotopic (exact) mass is 221 g/mol. The summed E-state index contributed by atoms with van der Waals surface area (Å²) in [5.41, 5.74) is 0.307. The number of nitro groups is 1. The molecular formula is C10H11N3O3. The van der Waals surface area contributed by atoms with Crippen molar-refractivity contribution in [3.8, 4) is 17.7 Å². The van der Waals surface area contributed by atoms with Crippen LogP contribution in [0.25, 0.3) is 0 Å². The molecule has 6 nitrogen and oxygen atoms in total. The van der Waals surface area contributed by atoms with Gasteiger partial charge in [0.2, 0.25) is 5.88 Å². The normalized spacial score (nSPS) is 9.12. The number of ether oxygens (including phenoxy) is 1. The maximum atomic E-state index is 10.5. The fourth-order valence-corrected chi connectivity index (χ4v) is 1.02. The van der Waals surface area contributed by atoms with Crippen molar-refractivity contribution in [3.05, 3.63) is 27.9 Å². The summed E-state index contributed by atoms with van der Waals surface area (Å²) in [7, 11) is 3.20. The van der Waals surface area contributed by atoms with Crippen LogP contribution >= 0.6 is 0 Å². The zero-order valence-corrected chi connectivity index (χ0v) is 8.98. The summed E-state index contributed by atoms with van der Waals surface area (Å²) in [6.45, 7) is 0.492. The summed E-state index contributed by atoms with van der Waals surface area (Å²) in [4.78, 5) is 13.8. The van der Waals surface area contributed by atoms with Crippen molar-refractivity contribution in [1.82, 2.24) is 10.3 Å². The van der Waals surface area contributed by atoms with Crippen molar-refractivity contribution in [2.75, 3.05) is 20.7 Å². The summed E-state index contributed by atoms with van der Waals surface area (Å²) >= 11 is 0. The van der Waals surface area contributed by atoms with Crippen molar-refractivity contribution in [1.29, 1.82) is 0 Å². The second-order valence-electron chi connectivity index (χ2n) is 2.84. The molecule has 1 aromatic heterocycles. The van der Waals surface area contributed by atoms with Gasteiger partial charge in [-0.05, 0) is 7.05 Å². The zero-order valence-electron chi connectivity index (χ0n) is 8.98. The minimum absolute atomic E-state index is 0.102. The summed E-state index contributed by atoms with van der Waals surface area (Å²) in [5.74, 6) is 5.83. The molecule has 0 atom stereocenters. The smallest absolute Gasteiger partial charge is 0.289 e. The van der Waals surface area contributed by atoms with Gasteiger partial charge in [-0.1, -0.05) is 11.8 Å². The number of nitrogens with zero attached hydrogens (tertiary/aromatic N) is 2. The third-order valence-corrected chi connectivity index (χ3v) is 1.73. The van der Waals surface area contributed by atoms with Crippen molar-refractivity contribution in [2.24, 2.45) is 0 Å². The lowest BCUT2D eigenvalue weighted by Gasteiger charge is -2.00. The van der Waals surface area contributed by atoms with Crippen LogP contribution < -0.4 is 10.1 Å². The molecule has 0 spiro atoms. The standard InChI is InChI=1S/C10H11N3O3/c1-11-5-3-4-8-6-9(13(14)15)7-12-10(8)16-2/h6-7,11H,5H2,1-2H3. The van der Waals surface area contributed by atoms with Crippen LogP contribution in [0.4, 0.5) is 5.69 Å². The van der Waals surface area contributed by atoms with E-state index in [1.165, 1.54) is 13.2 Å². The van der Waals surface area contributed by atoms with Crippen LogP contribution in [-0.4, -0.2) is 30.6 Å². The molecule has 1 aromatic rings. The summed E-state index contributed by atoms with van der Waals surface area (Å²) in [6.07, 6.45) is 1.14. The van der Waals surface area contributed by atoms with Gasteiger partial charge < -0.3 is 10.1 Å². The molecule has 0 aliphatic rings. The molecule has 0 aliphatic carbocycles. The van der Waals surface area contributed by atoms with Crippen LogP contribution in [0.5, 0.6) is 5.88 Å². The Labute approximate surface area is 92.8 Å². The van der Waals surface area contributed by atoms with E-state index in [-0.39, 0.29) is 11.6 Å². The number of rotatable bonds is 3. The van der Waals surface area contributed by atoms with E-state index in [0.29, 0.717) is 12.1 Å². The number of pyridine rings is 1. The Bertz CT molecular complexity index is 448. The summed E-state index contributed by atoms with van der Waals surface area (Å²) < 4.78 is 4.95. The Kier molecular flexibility index (Phi) is 4.24. The number of hydrogen-bond donors (Lipinski definition) is 1. The van der Waals surface area contributed by atoms with Gasteiger partial charge in [-0.15, -0.1) is 0 Å². The third kappa shape index (κ3) is 2.93. The van der Waals surface area contributed by atoms with E-state index < -0.39 is 4.92 Å². The van der Waals surface area contributed by atoms with Gasteiger partial charge in [0.1, 0.15) is 6.20 Å². The van der Waals surface area contributed by atoms with Crippen LogP contribution in [-0.2, 0) is 0 Å². The minimum Gasteiger partial charge on any atom is -0.480 e. The molecule has 1 N–H and O–H groups in total. The van der Waals surface area contributed by atoms with E-state index in [1.54, 1.807) is 7.05 Å². The molecule has 0 aromatic carbocycles. The van der Waals surface area contributed by atoms with E-state index in [9.17, 15) is 10.1 Å². The first-order chi connectivity index (χ1) is 7.69. The van der Waals surface area contributed by atoms with Gasteiger partial charge in [0, 0.05) is 6.07 Å². The molecule has 0 saturated carbocycles. The predicted molar refractivity (Wildman–Crippen MR) is 58.2 cm³/mol.